The molecule has 3 heterocycles. The first-order valence-electron chi connectivity index (χ1n) is 9.45. The molecule has 1 aromatic carbocycles. The molecular formula is C21H20ClN5O2. The number of anilines is 1. The number of hydrogen-bond acceptors (Lipinski definition) is 6. The van der Waals surface area contributed by atoms with Crippen molar-refractivity contribution in [3.05, 3.63) is 52.6 Å². The number of halogens is 1. The Morgan fingerprint density at radius 1 is 1.21 bits per heavy atom. The minimum absolute atomic E-state index is 0.113. The summed E-state index contributed by atoms with van der Waals surface area (Å²) in [5, 5.41) is 9.68. The molecule has 1 amide bonds. The average molecular weight is 410 g/mol. The van der Waals surface area contributed by atoms with Crippen LogP contribution in [-0.4, -0.2) is 47.0 Å². The molecule has 29 heavy (non-hydrogen) atoms. The van der Waals surface area contributed by atoms with Crippen LogP contribution in [0.3, 0.4) is 0 Å². The highest BCUT2D eigenvalue weighted by molar-refractivity contribution is 6.31. The van der Waals surface area contributed by atoms with Gasteiger partial charge in [-0.05, 0) is 18.2 Å². The Hall–Kier alpha value is -3.11. The van der Waals surface area contributed by atoms with Gasteiger partial charge in [0, 0.05) is 49.0 Å². The van der Waals surface area contributed by atoms with Crippen LogP contribution in [0.5, 0.6) is 0 Å². The second kappa shape index (κ2) is 7.72. The summed E-state index contributed by atoms with van der Waals surface area (Å²) in [6, 6.07) is 7.42. The van der Waals surface area contributed by atoms with Gasteiger partial charge in [0.15, 0.2) is 11.5 Å². The number of nitrogens with zero attached hydrogens (tertiary/aromatic N) is 5. The number of carbonyl (C=O) groups excluding carboxylic acids is 1. The molecule has 3 aromatic rings. The molecule has 8 heteroatoms. The van der Waals surface area contributed by atoms with Crippen LogP contribution in [0.1, 0.15) is 41.6 Å². The third-order valence-electron chi connectivity index (χ3n) is 4.98. The number of rotatable bonds is 3. The van der Waals surface area contributed by atoms with E-state index in [1.807, 2.05) is 26.0 Å². The van der Waals surface area contributed by atoms with Crippen LogP contribution >= 0.6 is 11.6 Å². The Bertz CT molecular complexity index is 1110. The number of benzene rings is 1. The summed E-state index contributed by atoms with van der Waals surface area (Å²) in [7, 11) is 0. The van der Waals surface area contributed by atoms with Crippen LogP contribution in [0.2, 0.25) is 5.02 Å². The summed E-state index contributed by atoms with van der Waals surface area (Å²) in [5.41, 5.74) is 2.94. The van der Waals surface area contributed by atoms with Crippen LogP contribution < -0.4 is 4.90 Å². The van der Waals surface area contributed by atoms with Crippen molar-refractivity contribution in [2.45, 2.75) is 19.8 Å². The van der Waals surface area contributed by atoms with E-state index in [1.165, 1.54) is 0 Å². The first-order valence-corrected chi connectivity index (χ1v) is 9.83. The Morgan fingerprint density at radius 3 is 2.66 bits per heavy atom. The number of hydrogen-bond donors (Lipinski definition) is 0. The van der Waals surface area contributed by atoms with Gasteiger partial charge < -0.3 is 14.2 Å². The average Bonchev–Trinajstić information content (AvgIpc) is 3.18. The number of amides is 1. The maximum Gasteiger partial charge on any atom is 0.259 e. The molecule has 0 radical (unpaired) electrons. The second-order valence-electron chi connectivity index (χ2n) is 7.33. The van der Waals surface area contributed by atoms with Gasteiger partial charge in [0.25, 0.3) is 5.91 Å². The molecule has 7 nitrogen and oxygen atoms in total. The first-order chi connectivity index (χ1) is 14.0. The third kappa shape index (κ3) is 3.76. The second-order valence-corrected chi connectivity index (χ2v) is 7.77. The third-order valence-corrected chi connectivity index (χ3v) is 5.20. The van der Waals surface area contributed by atoms with Crippen LogP contribution in [0.4, 0.5) is 5.69 Å². The molecule has 4 rings (SSSR count). The molecule has 0 spiro atoms. The standard InChI is InChI=1S/C21H20ClN5O2/c1-13(2)20-25-18-12-24-11-17(19(18)29-20)21(28)27-5-3-26(4-6-27)16-8-14(10-23)7-15(22)9-16/h7-9,11-13H,3-6H2,1-2H3. The van der Waals surface area contributed by atoms with Crippen LogP contribution in [0, 0.1) is 11.3 Å². The van der Waals surface area contributed by atoms with Crippen molar-refractivity contribution in [1.29, 1.82) is 5.26 Å². The molecule has 0 saturated carbocycles. The zero-order valence-corrected chi connectivity index (χ0v) is 17.0. The SMILES string of the molecule is CC(C)c1nc2cncc(C(=O)N3CCN(c4cc(Cl)cc(C#N)c4)CC3)c2o1. The fraction of sp³-hybridized carbons (Fsp3) is 0.333. The Labute approximate surface area is 173 Å². The van der Waals surface area contributed by atoms with E-state index < -0.39 is 0 Å². The predicted molar refractivity (Wildman–Crippen MR) is 110 cm³/mol. The number of fused-ring (bicyclic) bond motifs is 1. The number of carbonyl (C=O) groups is 1. The van der Waals surface area contributed by atoms with Gasteiger partial charge in [0.05, 0.1) is 17.8 Å². The minimum Gasteiger partial charge on any atom is -0.439 e. The Kier molecular flexibility index (Phi) is 5.12. The van der Waals surface area contributed by atoms with Gasteiger partial charge in [-0.2, -0.15) is 5.26 Å². The van der Waals surface area contributed by atoms with Crippen LogP contribution in [-0.2, 0) is 0 Å². The molecule has 1 saturated heterocycles. The Morgan fingerprint density at radius 2 is 1.97 bits per heavy atom. The summed E-state index contributed by atoms with van der Waals surface area (Å²) in [5.74, 6) is 0.615. The fourth-order valence-corrected chi connectivity index (χ4v) is 3.66. The van der Waals surface area contributed by atoms with Crippen molar-refractivity contribution in [2.24, 2.45) is 0 Å². The van der Waals surface area contributed by atoms with Gasteiger partial charge in [0.1, 0.15) is 11.1 Å². The smallest absolute Gasteiger partial charge is 0.259 e. The molecule has 1 aliphatic heterocycles. The van der Waals surface area contributed by atoms with Gasteiger partial charge >= 0.3 is 0 Å². The van der Waals surface area contributed by atoms with Crippen molar-refractivity contribution in [3.63, 3.8) is 0 Å². The zero-order valence-electron chi connectivity index (χ0n) is 16.2. The van der Waals surface area contributed by atoms with Crippen LogP contribution in [0.25, 0.3) is 11.1 Å². The van der Waals surface area contributed by atoms with Crippen molar-refractivity contribution in [2.75, 3.05) is 31.1 Å². The van der Waals surface area contributed by atoms with E-state index >= 15 is 0 Å². The van der Waals surface area contributed by atoms with Gasteiger partial charge in [-0.15, -0.1) is 0 Å². The lowest BCUT2D eigenvalue weighted by atomic mass is 10.1. The number of oxazole rings is 1. The van der Waals surface area contributed by atoms with Gasteiger partial charge in [-0.25, -0.2) is 4.98 Å². The summed E-state index contributed by atoms with van der Waals surface area (Å²) >= 11 is 6.12. The molecule has 148 valence electrons. The van der Waals surface area contributed by atoms with Crippen molar-refractivity contribution < 1.29 is 9.21 Å². The molecule has 0 unspecified atom stereocenters. The zero-order chi connectivity index (χ0) is 20.5. The monoisotopic (exact) mass is 409 g/mol. The normalized spacial score (nSPS) is 14.4. The Balaban J connectivity index is 1.52. The van der Waals surface area contributed by atoms with Crippen molar-refractivity contribution in [1.82, 2.24) is 14.9 Å². The largest absolute Gasteiger partial charge is 0.439 e. The molecule has 0 aliphatic carbocycles. The van der Waals surface area contributed by atoms with E-state index in [2.05, 4.69) is 20.9 Å². The maximum atomic E-state index is 13.1. The van der Waals surface area contributed by atoms with Crippen molar-refractivity contribution >= 4 is 34.3 Å². The lowest BCUT2D eigenvalue weighted by Crippen LogP contribution is -2.48. The lowest BCUT2D eigenvalue weighted by molar-refractivity contribution is 0.0747. The van der Waals surface area contributed by atoms with Crippen molar-refractivity contribution in [3.8, 4) is 6.07 Å². The van der Waals surface area contributed by atoms with E-state index in [0.717, 1.165) is 5.69 Å². The van der Waals surface area contributed by atoms with Gasteiger partial charge in [0.2, 0.25) is 0 Å². The topological polar surface area (TPSA) is 86.3 Å². The van der Waals surface area contributed by atoms with E-state index in [9.17, 15) is 4.79 Å². The molecule has 1 aliphatic rings. The van der Waals surface area contributed by atoms with E-state index in [-0.39, 0.29) is 11.8 Å². The maximum absolute atomic E-state index is 13.1. The van der Waals surface area contributed by atoms with E-state index in [1.54, 1.807) is 23.4 Å². The summed E-state index contributed by atoms with van der Waals surface area (Å²) in [6.45, 7) is 6.38. The number of piperazine rings is 1. The molecule has 0 N–H and O–H groups in total. The summed E-state index contributed by atoms with van der Waals surface area (Å²) in [4.78, 5) is 25.6. The summed E-state index contributed by atoms with van der Waals surface area (Å²) < 4.78 is 5.85. The van der Waals surface area contributed by atoms with Gasteiger partial charge in [-0.1, -0.05) is 25.4 Å². The highest BCUT2D eigenvalue weighted by Crippen LogP contribution is 2.26. The highest BCUT2D eigenvalue weighted by Gasteiger charge is 2.26. The highest BCUT2D eigenvalue weighted by atomic mass is 35.5. The lowest BCUT2D eigenvalue weighted by Gasteiger charge is -2.36. The van der Waals surface area contributed by atoms with Crippen LogP contribution in [0.15, 0.2) is 35.0 Å². The summed E-state index contributed by atoms with van der Waals surface area (Å²) in [6.07, 6.45) is 3.16. The minimum atomic E-state index is -0.113. The predicted octanol–water partition coefficient (Wildman–Crippen LogP) is 3.83. The quantitative estimate of drug-likeness (QED) is 0.653. The van der Waals surface area contributed by atoms with E-state index in [0.29, 0.717) is 59.3 Å². The number of aromatic nitrogens is 2. The number of pyridine rings is 1. The van der Waals surface area contributed by atoms with Gasteiger partial charge in [-0.3, -0.25) is 9.78 Å². The van der Waals surface area contributed by atoms with E-state index in [4.69, 9.17) is 21.3 Å². The first kappa shape index (κ1) is 19.2. The molecule has 0 bridgehead atoms. The number of nitriles is 1. The molecule has 1 fully saturated rings. The molecular weight excluding hydrogens is 390 g/mol. The molecule has 2 aromatic heterocycles. The fourth-order valence-electron chi connectivity index (χ4n) is 3.43. The molecule has 0 atom stereocenters.